The summed E-state index contributed by atoms with van der Waals surface area (Å²) in [6, 6.07) is 0. The molecular weight excluding hydrogens is 250 g/mol. The van der Waals surface area contributed by atoms with E-state index in [0.29, 0.717) is 5.92 Å². The number of aryl methyl sites for hydroxylation is 2. The van der Waals surface area contributed by atoms with Gasteiger partial charge in [-0.1, -0.05) is 0 Å². The fourth-order valence-corrected chi connectivity index (χ4v) is 3.55. The van der Waals surface area contributed by atoms with E-state index in [4.69, 9.17) is 4.98 Å². The summed E-state index contributed by atoms with van der Waals surface area (Å²) < 4.78 is 0. The molecule has 0 bridgehead atoms. The Balaban J connectivity index is 1.82. The van der Waals surface area contributed by atoms with Crippen LogP contribution in [0.25, 0.3) is 0 Å². The molecule has 1 aromatic rings. The number of aliphatic hydroxyl groups excluding tert-OH is 1. The SMILES string of the molecule is Cc1nc2c(c(N3CCC(C(C)O)CC3)n1)CCCC2. The molecule has 110 valence electrons. The summed E-state index contributed by atoms with van der Waals surface area (Å²) in [5.41, 5.74) is 2.66. The van der Waals surface area contributed by atoms with Gasteiger partial charge in [0, 0.05) is 24.3 Å². The van der Waals surface area contributed by atoms with Crippen LogP contribution in [-0.2, 0) is 12.8 Å². The largest absolute Gasteiger partial charge is 0.393 e. The second-order valence-electron chi connectivity index (χ2n) is 6.29. The van der Waals surface area contributed by atoms with Gasteiger partial charge < -0.3 is 10.0 Å². The van der Waals surface area contributed by atoms with Crippen LogP contribution in [0.2, 0.25) is 0 Å². The molecule has 0 saturated carbocycles. The lowest BCUT2D eigenvalue weighted by Crippen LogP contribution is -2.38. The molecule has 0 aromatic carbocycles. The van der Waals surface area contributed by atoms with Crippen molar-refractivity contribution in [1.82, 2.24) is 9.97 Å². The Morgan fingerprint density at radius 1 is 1.15 bits per heavy atom. The van der Waals surface area contributed by atoms with Gasteiger partial charge in [0.2, 0.25) is 0 Å². The number of hydrogen-bond donors (Lipinski definition) is 1. The predicted molar refractivity (Wildman–Crippen MR) is 80.0 cm³/mol. The fourth-order valence-electron chi connectivity index (χ4n) is 3.55. The van der Waals surface area contributed by atoms with Gasteiger partial charge in [0.25, 0.3) is 0 Å². The van der Waals surface area contributed by atoms with Crippen LogP contribution in [0, 0.1) is 12.8 Å². The Morgan fingerprint density at radius 2 is 1.85 bits per heavy atom. The van der Waals surface area contributed by atoms with Gasteiger partial charge in [-0.15, -0.1) is 0 Å². The molecule has 0 radical (unpaired) electrons. The zero-order chi connectivity index (χ0) is 14.1. The van der Waals surface area contributed by atoms with Crippen molar-refractivity contribution in [3.8, 4) is 0 Å². The molecule has 1 aliphatic carbocycles. The predicted octanol–water partition coefficient (Wildman–Crippen LogP) is 2.26. The van der Waals surface area contributed by atoms with E-state index in [-0.39, 0.29) is 6.10 Å². The van der Waals surface area contributed by atoms with Crippen LogP contribution in [0.5, 0.6) is 0 Å². The van der Waals surface area contributed by atoms with E-state index < -0.39 is 0 Å². The first-order chi connectivity index (χ1) is 9.65. The second-order valence-corrected chi connectivity index (χ2v) is 6.29. The van der Waals surface area contributed by atoms with Crippen LogP contribution >= 0.6 is 0 Å². The summed E-state index contributed by atoms with van der Waals surface area (Å²) in [6.07, 6.45) is 6.70. The molecule has 0 spiro atoms. The topological polar surface area (TPSA) is 49.2 Å². The van der Waals surface area contributed by atoms with Crippen molar-refractivity contribution in [2.75, 3.05) is 18.0 Å². The summed E-state index contributed by atoms with van der Waals surface area (Å²) in [5, 5.41) is 9.73. The summed E-state index contributed by atoms with van der Waals surface area (Å²) in [5.74, 6) is 2.53. The lowest BCUT2D eigenvalue weighted by Gasteiger charge is -2.35. The number of rotatable bonds is 2. The molecule has 1 aromatic heterocycles. The Hall–Kier alpha value is -1.16. The summed E-state index contributed by atoms with van der Waals surface area (Å²) >= 11 is 0. The molecule has 1 aliphatic heterocycles. The monoisotopic (exact) mass is 275 g/mol. The highest BCUT2D eigenvalue weighted by molar-refractivity contribution is 5.50. The van der Waals surface area contributed by atoms with E-state index in [1.54, 1.807) is 0 Å². The van der Waals surface area contributed by atoms with Gasteiger partial charge in [0.15, 0.2) is 0 Å². The van der Waals surface area contributed by atoms with Crippen molar-refractivity contribution in [2.24, 2.45) is 5.92 Å². The molecule has 1 unspecified atom stereocenters. The maximum atomic E-state index is 9.73. The van der Waals surface area contributed by atoms with E-state index in [1.807, 2.05) is 13.8 Å². The third-order valence-electron chi connectivity index (χ3n) is 4.79. The highest BCUT2D eigenvalue weighted by Crippen LogP contribution is 2.31. The molecule has 1 atom stereocenters. The number of nitrogens with zero attached hydrogens (tertiary/aromatic N) is 3. The molecule has 0 amide bonds. The highest BCUT2D eigenvalue weighted by Gasteiger charge is 2.26. The lowest BCUT2D eigenvalue weighted by atomic mass is 9.91. The van der Waals surface area contributed by atoms with Crippen molar-refractivity contribution < 1.29 is 5.11 Å². The standard InChI is InChI=1S/C16H25N3O/c1-11(20)13-7-9-19(10-8-13)16-14-5-3-4-6-15(14)17-12(2)18-16/h11,13,20H,3-10H2,1-2H3. The van der Waals surface area contributed by atoms with Crippen LogP contribution in [-0.4, -0.2) is 34.3 Å². The fraction of sp³-hybridized carbons (Fsp3) is 0.750. The van der Waals surface area contributed by atoms with E-state index in [9.17, 15) is 5.11 Å². The van der Waals surface area contributed by atoms with Crippen molar-refractivity contribution in [2.45, 2.75) is 58.5 Å². The first-order valence-electron chi connectivity index (χ1n) is 7.94. The molecule has 4 heteroatoms. The van der Waals surface area contributed by atoms with Gasteiger partial charge in [0.05, 0.1) is 6.10 Å². The lowest BCUT2D eigenvalue weighted by molar-refractivity contribution is 0.109. The van der Waals surface area contributed by atoms with Gasteiger partial charge in [-0.05, 0) is 58.3 Å². The average Bonchev–Trinajstić information content (AvgIpc) is 2.46. The molecule has 2 aliphatic rings. The molecule has 1 fully saturated rings. The Kier molecular flexibility index (Phi) is 3.92. The van der Waals surface area contributed by atoms with Crippen molar-refractivity contribution in [3.05, 3.63) is 17.1 Å². The molecule has 4 nitrogen and oxygen atoms in total. The molecule has 1 N–H and O–H groups in total. The summed E-state index contributed by atoms with van der Waals surface area (Å²) in [6.45, 7) is 5.94. The van der Waals surface area contributed by atoms with Crippen LogP contribution in [0.4, 0.5) is 5.82 Å². The highest BCUT2D eigenvalue weighted by atomic mass is 16.3. The minimum absolute atomic E-state index is 0.182. The zero-order valence-electron chi connectivity index (χ0n) is 12.6. The van der Waals surface area contributed by atoms with E-state index >= 15 is 0 Å². The Labute approximate surface area is 121 Å². The molecule has 20 heavy (non-hydrogen) atoms. The van der Waals surface area contributed by atoms with Gasteiger partial charge in [-0.2, -0.15) is 0 Å². The van der Waals surface area contributed by atoms with Gasteiger partial charge >= 0.3 is 0 Å². The average molecular weight is 275 g/mol. The number of aromatic nitrogens is 2. The third kappa shape index (κ3) is 2.66. The quantitative estimate of drug-likeness (QED) is 0.899. The van der Waals surface area contributed by atoms with E-state index in [1.165, 1.54) is 29.9 Å². The number of piperidine rings is 1. The second kappa shape index (κ2) is 5.68. The van der Waals surface area contributed by atoms with Crippen molar-refractivity contribution in [1.29, 1.82) is 0 Å². The first-order valence-corrected chi connectivity index (χ1v) is 7.94. The maximum Gasteiger partial charge on any atom is 0.135 e. The van der Waals surface area contributed by atoms with E-state index in [0.717, 1.165) is 44.6 Å². The van der Waals surface area contributed by atoms with Crippen LogP contribution in [0.3, 0.4) is 0 Å². The normalized spacial score (nSPS) is 21.6. The van der Waals surface area contributed by atoms with Crippen molar-refractivity contribution >= 4 is 5.82 Å². The van der Waals surface area contributed by atoms with Crippen LogP contribution in [0.1, 0.15) is 49.7 Å². The van der Waals surface area contributed by atoms with Crippen molar-refractivity contribution in [3.63, 3.8) is 0 Å². The van der Waals surface area contributed by atoms with Gasteiger partial charge in [-0.3, -0.25) is 0 Å². The molecular formula is C16H25N3O. The number of anilines is 1. The smallest absolute Gasteiger partial charge is 0.135 e. The van der Waals surface area contributed by atoms with Gasteiger partial charge in [-0.25, -0.2) is 9.97 Å². The number of hydrogen-bond acceptors (Lipinski definition) is 4. The minimum Gasteiger partial charge on any atom is -0.393 e. The maximum absolute atomic E-state index is 9.73. The minimum atomic E-state index is -0.182. The third-order valence-corrected chi connectivity index (χ3v) is 4.79. The first kappa shape index (κ1) is 13.8. The van der Waals surface area contributed by atoms with Crippen LogP contribution < -0.4 is 4.90 Å². The summed E-state index contributed by atoms with van der Waals surface area (Å²) in [4.78, 5) is 11.8. The van der Waals surface area contributed by atoms with E-state index in [2.05, 4.69) is 9.88 Å². The summed E-state index contributed by atoms with van der Waals surface area (Å²) in [7, 11) is 0. The zero-order valence-corrected chi connectivity index (χ0v) is 12.6. The Bertz CT molecular complexity index is 479. The number of fused-ring (bicyclic) bond motifs is 1. The Morgan fingerprint density at radius 3 is 2.55 bits per heavy atom. The van der Waals surface area contributed by atoms with Gasteiger partial charge in [0.1, 0.15) is 11.6 Å². The molecule has 3 rings (SSSR count). The molecule has 1 saturated heterocycles. The van der Waals surface area contributed by atoms with Crippen LogP contribution in [0.15, 0.2) is 0 Å². The number of aliphatic hydroxyl groups is 1. The molecule has 2 heterocycles.